The first kappa shape index (κ1) is 14.1. The predicted octanol–water partition coefficient (Wildman–Crippen LogP) is 3.27. The van der Waals surface area contributed by atoms with E-state index in [4.69, 9.17) is 5.73 Å². The van der Waals surface area contributed by atoms with Crippen LogP contribution in [0.1, 0.15) is 22.8 Å². The number of anilines is 2. The van der Waals surface area contributed by atoms with Gasteiger partial charge in [-0.25, -0.2) is 4.39 Å². The average molecular weight is 272 g/mol. The van der Waals surface area contributed by atoms with Crippen molar-refractivity contribution < 1.29 is 9.18 Å². The number of aryl methyl sites for hydroxylation is 1. The van der Waals surface area contributed by atoms with Crippen molar-refractivity contribution in [3.63, 3.8) is 0 Å². The maximum atomic E-state index is 13.0. The molecule has 3 N–H and O–H groups in total. The number of nitrogen functional groups attached to an aromatic ring is 1. The van der Waals surface area contributed by atoms with Gasteiger partial charge in [-0.1, -0.05) is 19.1 Å². The molecule has 0 spiro atoms. The molecule has 2 aromatic rings. The maximum Gasteiger partial charge on any atom is 0.181 e. The lowest BCUT2D eigenvalue weighted by atomic mass is 10.1. The molecule has 0 aliphatic carbocycles. The second-order valence-corrected chi connectivity index (χ2v) is 4.56. The first-order valence-corrected chi connectivity index (χ1v) is 6.51. The van der Waals surface area contributed by atoms with E-state index in [9.17, 15) is 9.18 Å². The molecule has 0 aliphatic rings. The molecule has 3 nitrogen and oxygen atoms in total. The van der Waals surface area contributed by atoms with E-state index in [1.165, 1.54) is 23.8 Å². The number of hydrogen-bond donors (Lipinski definition) is 2. The molecule has 0 unspecified atom stereocenters. The number of Topliss-reactive ketones (excluding diaryl/α,β-unsaturated/α-hetero) is 1. The summed E-state index contributed by atoms with van der Waals surface area (Å²) in [5, 5.41) is 3.04. The monoisotopic (exact) mass is 272 g/mol. The van der Waals surface area contributed by atoms with Crippen LogP contribution in [0.5, 0.6) is 0 Å². The number of carbonyl (C=O) groups excluding carboxylic acids is 1. The summed E-state index contributed by atoms with van der Waals surface area (Å²) in [5.41, 5.74) is 7.97. The predicted molar refractivity (Wildman–Crippen MR) is 79.5 cm³/mol. The molecule has 0 aliphatic heterocycles. The zero-order valence-electron chi connectivity index (χ0n) is 11.3. The Bertz CT molecular complexity index is 608. The van der Waals surface area contributed by atoms with E-state index in [2.05, 4.69) is 12.2 Å². The molecule has 0 saturated carbocycles. The van der Waals surface area contributed by atoms with Crippen LogP contribution in [0.15, 0.2) is 42.5 Å². The van der Waals surface area contributed by atoms with Crippen molar-refractivity contribution in [1.82, 2.24) is 0 Å². The van der Waals surface area contributed by atoms with Gasteiger partial charge in [0.15, 0.2) is 5.78 Å². The summed E-state index contributed by atoms with van der Waals surface area (Å²) >= 11 is 0. The molecule has 0 radical (unpaired) electrons. The number of nitrogens with one attached hydrogen (secondary N) is 1. The Morgan fingerprint density at radius 1 is 1.20 bits per heavy atom. The van der Waals surface area contributed by atoms with Gasteiger partial charge in [-0.2, -0.15) is 0 Å². The number of benzene rings is 2. The van der Waals surface area contributed by atoms with Crippen molar-refractivity contribution in [2.24, 2.45) is 0 Å². The smallest absolute Gasteiger partial charge is 0.181 e. The van der Waals surface area contributed by atoms with Crippen molar-refractivity contribution in [2.45, 2.75) is 13.3 Å². The average Bonchev–Trinajstić information content (AvgIpc) is 2.48. The Kier molecular flexibility index (Phi) is 4.35. The lowest BCUT2D eigenvalue weighted by Gasteiger charge is -2.07. The van der Waals surface area contributed by atoms with Gasteiger partial charge in [0.25, 0.3) is 0 Å². The van der Waals surface area contributed by atoms with Gasteiger partial charge >= 0.3 is 0 Å². The summed E-state index contributed by atoms with van der Waals surface area (Å²) in [5.74, 6) is -0.638. The van der Waals surface area contributed by atoms with Crippen molar-refractivity contribution in [2.75, 3.05) is 17.6 Å². The summed E-state index contributed by atoms with van der Waals surface area (Å²) in [6.07, 6.45) is 0.980. The van der Waals surface area contributed by atoms with Crippen LogP contribution in [0.25, 0.3) is 0 Å². The fraction of sp³-hybridized carbons (Fsp3) is 0.188. The van der Waals surface area contributed by atoms with Crippen LogP contribution in [-0.4, -0.2) is 12.3 Å². The zero-order chi connectivity index (χ0) is 14.5. The minimum absolute atomic E-state index is 0.0110. The first-order chi connectivity index (χ1) is 9.60. The van der Waals surface area contributed by atoms with E-state index in [1.807, 2.05) is 24.3 Å². The van der Waals surface area contributed by atoms with Gasteiger partial charge < -0.3 is 11.1 Å². The Balaban J connectivity index is 1.98. The zero-order valence-corrected chi connectivity index (χ0v) is 11.3. The van der Waals surface area contributed by atoms with Crippen LogP contribution in [0.2, 0.25) is 0 Å². The molecule has 104 valence electrons. The molecule has 0 fully saturated rings. The molecule has 0 heterocycles. The van der Waals surface area contributed by atoms with Crippen molar-refractivity contribution in [1.29, 1.82) is 0 Å². The van der Waals surface area contributed by atoms with E-state index in [1.54, 1.807) is 0 Å². The fourth-order valence-electron chi connectivity index (χ4n) is 1.86. The van der Waals surface area contributed by atoms with Crippen molar-refractivity contribution in [3.05, 3.63) is 59.4 Å². The number of nitrogens with two attached hydrogens (primary N) is 1. The van der Waals surface area contributed by atoms with Crippen molar-refractivity contribution >= 4 is 17.2 Å². The van der Waals surface area contributed by atoms with Gasteiger partial charge in [0.1, 0.15) is 5.82 Å². The molecule has 20 heavy (non-hydrogen) atoms. The van der Waals surface area contributed by atoms with E-state index in [-0.39, 0.29) is 18.0 Å². The quantitative estimate of drug-likeness (QED) is 0.649. The number of ketones is 1. The Morgan fingerprint density at radius 2 is 1.90 bits per heavy atom. The molecule has 0 bridgehead atoms. The molecular formula is C16H17FN2O. The molecule has 0 aromatic heterocycles. The molecule has 2 aromatic carbocycles. The standard InChI is InChI=1S/C16H17FN2O/c1-2-11-3-6-13(7-4-11)19-10-16(20)12-5-8-14(17)15(18)9-12/h3-9,19H,2,10,18H2,1H3. The number of carbonyl (C=O) groups is 1. The first-order valence-electron chi connectivity index (χ1n) is 6.51. The number of halogens is 1. The van der Waals surface area contributed by atoms with Gasteiger partial charge in [-0.05, 0) is 42.3 Å². The third kappa shape index (κ3) is 3.35. The van der Waals surface area contributed by atoms with E-state index >= 15 is 0 Å². The minimum atomic E-state index is -0.510. The van der Waals surface area contributed by atoms with Gasteiger partial charge in [-0.3, -0.25) is 4.79 Å². The van der Waals surface area contributed by atoms with Gasteiger partial charge in [-0.15, -0.1) is 0 Å². The largest absolute Gasteiger partial charge is 0.396 e. The summed E-state index contributed by atoms with van der Waals surface area (Å²) in [6.45, 7) is 2.24. The summed E-state index contributed by atoms with van der Waals surface area (Å²) in [6, 6.07) is 11.9. The maximum absolute atomic E-state index is 13.0. The minimum Gasteiger partial charge on any atom is -0.396 e. The fourth-order valence-corrected chi connectivity index (χ4v) is 1.86. The van der Waals surface area contributed by atoms with E-state index < -0.39 is 5.82 Å². The molecular weight excluding hydrogens is 255 g/mol. The second-order valence-electron chi connectivity index (χ2n) is 4.56. The second kappa shape index (κ2) is 6.19. The van der Waals surface area contributed by atoms with Gasteiger partial charge in [0.2, 0.25) is 0 Å². The van der Waals surface area contributed by atoms with Crippen molar-refractivity contribution in [3.8, 4) is 0 Å². The molecule has 0 atom stereocenters. The highest BCUT2D eigenvalue weighted by molar-refractivity contribution is 5.99. The number of hydrogen-bond acceptors (Lipinski definition) is 3. The van der Waals surface area contributed by atoms with E-state index in [0.29, 0.717) is 5.56 Å². The van der Waals surface area contributed by atoms with Crippen LogP contribution in [0.3, 0.4) is 0 Å². The van der Waals surface area contributed by atoms with E-state index in [0.717, 1.165) is 12.1 Å². The SMILES string of the molecule is CCc1ccc(NCC(=O)c2ccc(F)c(N)c2)cc1. The van der Waals surface area contributed by atoms with Gasteiger partial charge in [0, 0.05) is 11.3 Å². The molecule has 0 saturated heterocycles. The Morgan fingerprint density at radius 3 is 2.50 bits per heavy atom. The number of rotatable bonds is 5. The molecule has 0 amide bonds. The lowest BCUT2D eigenvalue weighted by Crippen LogP contribution is -2.14. The van der Waals surface area contributed by atoms with Crippen LogP contribution >= 0.6 is 0 Å². The summed E-state index contributed by atoms with van der Waals surface area (Å²) in [4.78, 5) is 12.0. The van der Waals surface area contributed by atoms with Crippen LogP contribution in [0, 0.1) is 5.82 Å². The van der Waals surface area contributed by atoms with Crippen LogP contribution in [0.4, 0.5) is 15.8 Å². The topological polar surface area (TPSA) is 55.1 Å². The highest BCUT2D eigenvalue weighted by atomic mass is 19.1. The Labute approximate surface area is 117 Å². The third-order valence-corrected chi connectivity index (χ3v) is 3.13. The Hall–Kier alpha value is -2.36. The normalized spacial score (nSPS) is 10.3. The molecule has 2 rings (SSSR count). The molecule has 4 heteroatoms. The van der Waals surface area contributed by atoms with Crippen LogP contribution < -0.4 is 11.1 Å². The summed E-state index contributed by atoms with van der Waals surface area (Å²) in [7, 11) is 0. The lowest BCUT2D eigenvalue weighted by molar-refractivity contribution is 0.101. The highest BCUT2D eigenvalue weighted by Crippen LogP contribution is 2.14. The summed E-state index contributed by atoms with van der Waals surface area (Å²) < 4.78 is 13.0. The van der Waals surface area contributed by atoms with Gasteiger partial charge in [0.05, 0.1) is 12.2 Å². The highest BCUT2D eigenvalue weighted by Gasteiger charge is 2.08. The third-order valence-electron chi connectivity index (χ3n) is 3.13. The van der Waals surface area contributed by atoms with Crippen LogP contribution in [-0.2, 0) is 6.42 Å².